The van der Waals surface area contributed by atoms with Crippen molar-refractivity contribution in [3.8, 4) is 0 Å². The van der Waals surface area contributed by atoms with Gasteiger partial charge in [-0.05, 0) is 18.6 Å². The van der Waals surface area contributed by atoms with Crippen molar-refractivity contribution in [1.82, 2.24) is 14.8 Å². The highest BCUT2D eigenvalue weighted by Crippen LogP contribution is 2.27. The van der Waals surface area contributed by atoms with Crippen LogP contribution in [0.25, 0.3) is 21.8 Å². The van der Waals surface area contributed by atoms with Crippen LogP contribution in [0.15, 0.2) is 37.6 Å². The van der Waals surface area contributed by atoms with E-state index in [-0.39, 0.29) is 0 Å². The molecule has 0 aliphatic heterocycles. The summed E-state index contributed by atoms with van der Waals surface area (Å²) in [5.41, 5.74) is 9.07. The monoisotopic (exact) mass is 240 g/mol. The average molecular weight is 240 g/mol. The predicted octanol–water partition coefficient (Wildman–Crippen LogP) is 2.81. The molecular weight excluding hydrogens is 224 g/mol. The summed E-state index contributed by atoms with van der Waals surface area (Å²) in [4.78, 5) is 4.40. The lowest BCUT2D eigenvalue weighted by Crippen LogP contribution is -1.95. The van der Waals surface area contributed by atoms with Crippen LogP contribution in [0.3, 0.4) is 0 Å². The molecule has 0 aliphatic carbocycles. The van der Waals surface area contributed by atoms with Crippen LogP contribution >= 0.6 is 0 Å². The summed E-state index contributed by atoms with van der Waals surface area (Å²) in [7, 11) is 1.92. The minimum absolute atomic E-state index is 0.543. The van der Waals surface area contributed by atoms with Crippen LogP contribution in [0.1, 0.15) is 5.56 Å². The molecule has 2 heterocycles. The summed E-state index contributed by atoms with van der Waals surface area (Å²) in [6.07, 6.45) is 1.76. The van der Waals surface area contributed by atoms with Gasteiger partial charge in [0.05, 0.1) is 22.6 Å². The van der Waals surface area contributed by atoms with Crippen LogP contribution in [0.5, 0.6) is 0 Å². The van der Waals surface area contributed by atoms with Gasteiger partial charge in [-0.25, -0.2) is 4.98 Å². The van der Waals surface area contributed by atoms with E-state index in [0.717, 1.165) is 21.8 Å². The van der Waals surface area contributed by atoms with Crippen LogP contribution in [0, 0.1) is 6.92 Å². The van der Waals surface area contributed by atoms with Crippen molar-refractivity contribution in [1.29, 1.82) is 0 Å². The van der Waals surface area contributed by atoms with E-state index in [9.17, 15) is 0 Å². The van der Waals surface area contributed by atoms with Crippen LogP contribution in [-0.2, 0) is 7.05 Å². The smallest absolute Gasteiger partial charge is 0.135 e. The van der Waals surface area contributed by atoms with Gasteiger partial charge in [0, 0.05) is 12.4 Å². The Morgan fingerprint density at radius 2 is 1.94 bits per heavy atom. The second-order valence-corrected chi connectivity index (χ2v) is 4.05. The second kappa shape index (κ2) is 4.49. The number of rotatable bonds is 0. The third-order valence-electron chi connectivity index (χ3n) is 2.86. The van der Waals surface area contributed by atoms with Gasteiger partial charge in [-0.2, -0.15) is 5.10 Å². The summed E-state index contributed by atoms with van der Waals surface area (Å²) < 4.78 is 1.84. The number of hydrogen-bond donors (Lipinski definition) is 1. The third-order valence-corrected chi connectivity index (χ3v) is 2.86. The number of benzene rings is 1. The van der Waals surface area contributed by atoms with Gasteiger partial charge in [0.2, 0.25) is 0 Å². The lowest BCUT2D eigenvalue weighted by Gasteiger charge is -2.04. The fraction of sp³-hybridized carbons (Fsp3) is 0.143. The molecule has 18 heavy (non-hydrogen) atoms. The zero-order valence-electron chi connectivity index (χ0n) is 10.6. The first-order valence-electron chi connectivity index (χ1n) is 5.64. The number of nitrogens with zero attached hydrogens (tertiary/aromatic N) is 3. The molecule has 0 saturated carbocycles. The van der Waals surface area contributed by atoms with Crippen LogP contribution in [-0.4, -0.2) is 14.8 Å². The van der Waals surface area contributed by atoms with Gasteiger partial charge in [0.1, 0.15) is 5.82 Å². The Bertz CT molecular complexity index is 712. The highest BCUT2D eigenvalue weighted by Gasteiger charge is 2.09. The summed E-state index contributed by atoms with van der Waals surface area (Å²) in [5, 5.41) is 6.23. The highest BCUT2D eigenvalue weighted by atomic mass is 15.3. The van der Waals surface area contributed by atoms with Gasteiger partial charge in [-0.1, -0.05) is 12.1 Å². The fourth-order valence-corrected chi connectivity index (χ4v) is 2.07. The third kappa shape index (κ3) is 1.72. The summed E-state index contributed by atoms with van der Waals surface area (Å²) in [6.45, 7) is 8.05. The second-order valence-electron chi connectivity index (χ2n) is 4.05. The van der Waals surface area contributed by atoms with Crippen molar-refractivity contribution in [3.05, 3.63) is 43.1 Å². The highest BCUT2D eigenvalue weighted by molar-refractivity contribution is 6.07. The van der Waals surface area contributed by atoms with E-state index < -0.39 is 0 Å². The SMILES string of the molecule is C=C.Cc1ccc2c(c1)nc(N)c1cnn(C)c12. The Morgan fingerprint density at radius 3 is 2.67 bits per heavy atom. The Balaban J connectivity index is 0.000000574. The number of hydrogen-bond acceptors (Lipinski definition) is 3. The first-order chi connectivity index (χ1) is 8.66. The lowest BCUT2D eigenvalue weighted by atomic mass is 10.1. The molecule has 92 valence electrons. The molecule has 0 aliphatic rings. The molecule has 0 fully saturated rings. The van der Waals surface area contributed by atoms with Crippen LogP contribution in [0.4, 0.5) is 5.82 Å². The van der Waals surface area contributed by atoms with E-state index in [4.69, 9.17) is 5.73 Å². The standard InChI is InChI=1S/C12H12N4.C2H4/c1-7-3-4-8-10(5-7)15-12(13)9-6-14-16(2)11(8)9;1-2/h3-6H,1-2H3,(H2,13,15);1-2H2. The van der Waals surface area contributed by atoms with E-state index in [1.807, 2.05) is 24.7 Å². The average Bonchev–Trinajstić information content (AvgIpc) is 2.75. The Labute approximate surface area is 106 Å². The van der Waals surface area contributed by atoms with E-state index >= 15 is 0 Å². The number of aryl methyl sites for hydroxylation is 2. The number of fused-ring (bicyclic) bond motifs is 3. The molecule has 1 aromatic carbocycles. The zero-order valence-corrected chi connectivity index (χ0v) is 10.6. The van der Waals surface area contributed by atoms with Crippen molar-refractivity contribution in [2.24, 2.45) is 7.05 Å². The molecule has 0 spiro atoms. The Morgan fingerprint density at radius 1 is 1.22 bits per heavy atom. The Hall–Kier alpha value is -2.36. The molecular formula is C14H16N4. The van der Waals surface area contributed by atoms with Crippen molar-refractivity contribution >= 4 is 27.6 Å². The maximum Gasteiger partial charge on any atom is 0.135 e. The lowest BCUT2D eigenvalue weighted by molar-refractivity contribution is 0.799. The van der Waals surface area contributed by atoms with Gasteiger partial charge >= 0.3 is 0 Å². The molecule has 0 radical (unpaired) electrons. The predicted molar refractivity (Wildman–Crippen MR) is 76.4 cm³/mol. The minimum Gasteiger partial charge on any atom is -0.383 e. The van der Waals surface area contributed by atoms with E-state index in [1.165, 1.54) is 5.56 Å². The summed E-state index contributed by atoms with van der Waals surface area (Å²) >= 11 is 0. The minimum atomic E-state index is 0.543. The van der Waals surface area contributed by atoms with Gasteiger partial charge in [0.15, 0.2) is 0 Å². The first-order valence-corrected chi connectivity index (χ1v) is 5.64. The quantitative estimate of drug-likeness (QED) is 0.615. The molecule has 3 rings (SSSR count). The number of pyridine rings is 1. The van der Waals surface area contributed by atoms with Crippen molar-refractivity contribution < 1.29 is 0 Å². The molecule has 0 saturated heterocycles. The van der Waals surface area contributed by atoms with E-state index in [2.05, 4.69) is 35.4 Å². The van der Waals surface area contributed by atoms with Crippen LogP contribution in [0.2, 0.25) is 0 Å². The van der Waals surface area contributed by atoms with E-state index in [0.29, 0.717) is 5.82 Å². The Kier molecular flexibility index (Phi) is 3.02. The van der Waals surface area contributed by atoms with Gasteiger partial charge < -0.3 is 5.73 Å². The summed E-state index contributed by atoms with van der Waals surface area (Å²) in [5.74, 6) is 0.543. The number of nitrogens with two attached hydrogens (primary N) is 1. The van der Waals surface area contributed by atoms with Crippen molar-refractivity contribution in [2.75, 3.05) is 5.73 Å². The van der Waals surface area contributed by atoms with Gasteiger partial charge in [0.25, 0.3) is 0 Å². The van der Waals surface area contributed by atoms with E-state index in [1.54, 1.807) is 6.20 Å². The normalized spacial score (nSPS) is 10.3. The van der Waals surface area contributed by atoms with Gasteiger partial charge in [-0.3, -0.25) is 4.68 Å². The van der Waals surface area contributed by atoms with Crippen molar-refractivity contribution in [2.45, 2.75) is 6.92 Å². The van der Waals surface area contributed by atoms with Crippen molar-refractivity contribution in [3.63, 3.8) is 0 Å². The molecule has 2 N–H and O–H groups in total. The number of nitrogen functional groups attached to an aromatic ring is 1. The molecule has 4 nitrogen and oxygen atoms in total. The molecule has 0 amide bonds. The van der Waals surface area contributed by atoms with Crippen LogP contribution < -0.4 is 5.73 Å². The zero-order chi connectivity index (χ0) is 13.3. The first kappa shape index (κ1) is 12.1. The molecule has 4 heteroatoms. The molecule has 0 unspecified atom stereocenters. The maximum absolute atomic E-state index is 5.92. The molecule has 2 aromatic heterocycles. The maximum atomic E-state index is 5.92. The number of anilines is 1. The summed E-state index contributed by atoms with van der Waals surface area (Å²) in [6, 6.07) is 6.19. The van der Waals surface area contributed by atoms with Gasteiger partial charge in [-0.15, -0.1) is 13.2 Å². The molecule has 3 aromatic rings. The topological polar surface area (TPSA) is 56.7 Å². The fourth-order valence-electron chi connectivity index (χ4n) is 2.07. The molecule has 0 bridgehead atoms. The number of aromatic nitrogens is 3. The molecule has 0 atom stereocenters. The largest absolute Gasteiger partial charge is 0.383 e.